The summed E-state index contributed by atoms with van der Waals surface area (Å²) in [6.07, 6.45) is 2.97. The van der Waals surface area contributed by atoms with Crippen LogP contribution >= 0.6 is 0 Å². The molecule has 1 fully saturated rings. The highest BCUT2D eigenvalue weighted by Crippen LogP contribution is 2.35. The Balaban J connectivity index is 1.22. The molecule has 1 aromatic heterocycles. The second kappa shape index (κ2) is 8.57. The number of benzene rings is 2. The second-order valence-electron chi connectivity index (χ2n) is 7.69. The number of aliphatic hydroxyl groups excluding tert-OH is 1. The average molecular weight is 390 g/mol. The molecule has 2 aromatic carbocycles. The zero-order chi connectivity index (χ0) is 20.2. The topological polar surface area (TPSA) is 80.0 Å². The van der Waals surface area contributed by atoms with E-state index in [2.05, 4.69) is 51.9 Å². The Bertz CT molecular complexity index is 960. The molecule has 1 aliphatic rings. The number of hydrogen-bond acceptors (Lipinski definition) is 4. The van der Waals surface area contributed by atoms with Crippen molar-refractivity contribution in [1.29, 1.82) is 0 Å². The van der Waals surface area contributed by atoms with Gasteiger partial charge in [0.15, 0.2) is 5.82 Å². The van der Waals surface area contributed by atoms with Crippen molar-refractivity contribution in [3.63, 3.8) is 0 Å². The van der Waals surface area contributed by atoms with E-state index in [1.54, 1.807) is 0 Å². The minimum atomic E-state index is -0.108. The SMILES string of the molecule is Cn1c(CO)nnc1C1CC(NC(=O)CCc2ccc(-c3ccccc3)cc2)C1. The quantitative estimate of drug-likeness (QED) is 0.650. The van der Waals surface area contributed by atoms with E-state index < -0.39 is 0 Å². The Labute approximate surface area is 170 Å². The zero-order valence-electron chi connectivity index (χ0n) is 16.6. The molecule has 1 amide bonds. The second-order valence-corrected chi connectivity index (χ2v) is 7.69. The minimum Gasteiger partial charge on any atom is -0.388 e. The fraction of sp³-hybridized carbons (Fsp3) is 0.348. The summed E-state index contributed by atoms with van der Waals surface area (Å²) < 4.78 is 1.85. The van der Waals surface area contributed by atoms with Crippen LogP contribution in [0.25, 0.3) is 11.1 Å². The van der Waals surface area contributed by atoms with Gasteiger partial charge in [-0.05, 0) is 36.0 Å². The van der Waals surface area contributed by atoms with Crippen molar-refractivity contribution < 1.29 is 9.90 Å². The molecule has 6 heteroatoms. The lowest BCUT2D eigenvalue weighted by atomic mass is 9.79. The third-order valence-corrected chi connectivity index (χ3v) is 5.71. The standard InChI is InChI=1S/C23H26N4O2/c1-27-21(15-28)25-26-23(27)19-13-20(14-19)24-22(29)12-9-16-7-10-18(11-8-16)17-5-3-2-4-6-17/h2-8,10-11,19-20,28H,9,12-15H2,1H3,(H,24,29). The molecular formula is C23H26N4O2. The lowest BCUT2D eigenvalue weighted by molar-refractivity contribution is -0.122. The molecule has 0 spiro atoms. The van der Waals surface area contributed by atoms with E-state index in [4.69, 9.17) is 0 Å². The number of amides is 1. The fourth-order valence-electron chi connectivity index (χ4n) is 3.87. The maximum absolute atomic E-state index is 12.3. The average Bonchev–Trinajstić information content (AvgIpc) is 3.10. The van der Waals surface area contributed by atoms with E-state index in [9.17, 15) is 9.90 Å². The van der Waals surface area contributed by atoms with Gasteiger partial charge in [0.25, 0.3) is 0 Å². The molecule has 2 N–H and O–H groups in total. The van der Waals surface area contributed by atoms with E-state index in [0.717, 1.165) is 25.1 Å². The molecule has 1 heterocycles. The molecule has 4 rings (SSSR count). The maximum Gasteiger partial charge on any atom is 0.220 e. The number of carbonyl (C=O) groups excluding carboxylic acids is 1. The summed E-state index contributed by atoms with van der Waals surface area (Å²) in [5, 5.41) is 20.5. The Kier molecular flexibility index (Phi) is 5.71. The highest BCUT2D eigenvalue weighted by atomic mass is 16.3. The van der Waals surface area contributed by atoms with Crippen molar-refractivity contribution in [3.05, 3.63) is 71.8 Å². The normalized spacial score (nSPS) is 18.3. The zero-order valence-corrected chi connectivity index (χ0v) is 16.6. The van der Waals surface area contributed by atoms with Crippen LogP contribution in [0, 0.1) is 0 Å². The first-order valence-electron chi connectivity index (χ1n) is 10.1. The fourth-order valence-corrected chi connectivity index (χ4v) is 3.87. The van der Waals surface area contributed by atoms with Gasteiger partial charge in [-0.3, -0.25) is 4.79 Å². The Morgan fingerprint density at radius 2 is 1.76 bits per heavy atom. The van der Waals surface area contributed by atoms with Crippen LogP contribution in [0.2, 0.25) is 0 Å². The molecule has 0 bridgehead atoms. The van der Waals surface area contributed by atoms with Crippen molar-refractivity contribution in [3.8, 4) is 11.1 Å². The van der Waals surface area contributed by atoms with E-state index in [-0.39, 0.29) is 18.6 Å². The summed E-state index contributed by atoms with van der Waals surface area (Å²) in [6, 6.07) is 18.9. The third-order valence-electron chi connectivity index (χ3n) is 5.71. The molecular weight excluding hydrogens is 364 g/mol. The van der Waals surface area contributed by atoms with Crippen molar-refractivity contribution in [1.82, 2.24) is 20.1 Å². The maximum atomic E-state index is 12.3. The van der Waals surface area contributed by atoms with Crippen molar-refractivity contribution in [2.24, 2.45) is 7.05 Å². The lowest BCUT2D eigenvalue weighted by Crippen LogP contribution is -2.44. The van der Waals surface area contributed by atoms with Crippen LogP contribution in [0.1, 0.15) is 42.4 Å². The first-order chi connectivity index (χ1) is 14.1. The predicted octanol–water partition coefficient (Wildman–Crippen LogP) is 2.97. The molecule has 0 atom stereocenters. The summed E-state index contributed by atoms with van der Waals surface area (Å²) >= 11 is 0. The van der Waals surface area contributed by atoms with E-state index in [1.165, 1.54) is 16.7 Å². The molecule has 0 unspecified atom stereocenters. The van der Waals surface area contributed by atoms with Crippen LogP contribution in [0.15, 0.2) is 54.6 Å². The molecule has 0 radical (unpaired) electrons. The highest BCUT2D eigenvalue weighted by molar-refractivity contribution is 5.76. The molecule has 6 nitrogen and oxygen atoms in total. The first-order valence-corrected chi connectivity index (χ1v) is 10.1. The van der Waals surface area contributed by atoms with E-state index in [1.807, 2.05) is 29.8 Å². The first kappa shape index (κ1) is 19.3. The predicted molar refractivity (Wildman–Crippen MR) is 111 cm³/mol. The number of aromatic nitrogens is 3. The smallest absolute Gasteiger partial charge is 0.220 e. The minimum absolute atomic E-state index is 0.0922. The van der Waals surface area contributed by atoms with Crippen LogP contribution in [0.3, 0.4) is 0 Å². The van der Waals surface area contributed by atoms with Gasteiger partial charge in [0, 0.05) is 25.4 Å². The van der Waals surface area contributed by atoms with E-state index >= 15 is 0 Å². The Morgan fingerprint density at radius 3 is 2.41 bits per heavy atom. The summed E-state index contributed by atoms with van der Waals surface area (Å²) in [7, 11) is 1.87. The van der Waals surface area contributed by atoms with Crippen molar-refractivity contribution in [2.45, 2.75) is 44.2 Å². The van der Waals surface area contributed by atoms with Crippen LogP contribution in [-0.4, -0.2) is 31.8 Å². The lowest BCUT2D eigenvalue weighted by Gasteiger charge is -2.35. The molecule has 0 aliphatic heterocycles. The van der Waals surface area contributed by atoms with Gasteiger partial charge in [0.05, 0.1) is 0 Å². The van der Waals surface area contributed by atoms with Crippen molar-refractivity contribution in [2.75, 3.05) is 0 Å². The van der Waals surface area contributed by atoms with Gasteiger partial charge in [0.2, 0.25) is 5.91 Å². The van der Waals surface area contributed by atoms with Gasteiger partial charge in [-0.1, -0.05) is 54.6 Å². The van der Waals surface area contributed by atoms with Crippen molar-refractivity contribution >= 4 is 5.91 Å². The van der Waals surface area contributed by atoms with Crippen LogP contribution in [-0.2, 0) is 24.9 Å². The summed E-state index contributed by atoms with van der Waals surface area (Å²) in [6.45, 7) is -0.108. The third kappa shape index (κ3) is 4.38. The molecule has 150 valence electrons. The number of rotatable bonds is 7. The molecule has 0 saturated heterocycles. The molecule has 3 aromatic rings. The molecule has 1 saturated carbocycles. The van der Waals surface area contributed by atoms with E-state index in [0.29, 0.717) is 18.2 Å². The highest BCUT2D eigenvalue weighted by Gasteiger charge is 2.34. The summed E-state index contributed by atoms with van der Waals surface area (Å²) in [5.41, 5.74) is 3.56. The number of carbonyl (C=O) groups is 1. The summed E-state index contributed by atoms with van der Waals surface area (Å²) in [5.74, 6) is 1.85. The molecule has 29 heavy (non-hydrogen) atoms. The number of aryl methyl sites for hydroxylation is 1. The Morgan fingerprint density at radius 1 is 1.07 bits per heavy atom. The largest absolute Gasteiger partial charge is 0.388 e. The van der Waals surface area contributed by atoms with Gasteiger partial charge in [-0.2, -0.15) is 0 Å². The molecule has 1 aliphatic carbocycles. The van der Waals surface area contributed by atoms with Crippen LogP contribution in [0.5, 0.6) is 0 Å². The number of hydrogen-bond donors (Lipinski definition) is 2. The van der Waals surface area contributed by atoms with Gasteiger partial charge in [0.1, 0.15) is 12.4 Å². The number of aliphatic hydroxyl groups is 1. The Hall–Kier alpha value is -2.99. The number of nitrogens with one attached hydrogen (secondary N) is 1. The van der Waals surface area contributed by atoms with Crippen LogP contribution in [0.4, 0.5) is 0 Å². The van der Waals surface area contributed by atoms with Gasteiger partial charge in [-0.15, -0.1) is 10.2 Å². The van der Waals surface area contributed by atoms with Gasteiger partial charge < -0.3 is 15.0 Å². The van der Waals surface area contributed by atoms with Crippen LogP contribution < -0.4 is 5.32 Å². The summed E-state index contributed by atoms with van der Waals surface area (Å²) in [4.78, 5) is 12.3. The van der Waals surface area contributed by atoms with Gasteiger partial charge >= 0.3 is 0 Å². The monoisotopic (exact) mass is 390 g/mol. The number of nitrogens with zero attached hydrogens (tertiary/aromatic N) is 3. The van der Waals surface area contributed by atoms with Gasteiger partial charge in [-0.25, -0.2) is 0 Å².